The molecule has 2 aromatic heterocycles. The fourth-order valence-electron chi connectivity index (χ4n) is 2.63. The van der Waals surface area contributed by atoms with Gasteiger partial charge in [0.05, 0.1) is 24.1 Å². The van der Waals surface area contributed by atoms with Crippen molar-refractivity contribution in [3.63, 3.8) is 0 Å². The van der Waals surface area contributed by atoms with Crippen LogP contribution in [0.4, 0.5) is 5.82 Å². The van der Waals surface area contributed by atoms with Gasteiger partial charge in [0.15, 0.2) is 0 Å². The fourth-order valence-corrected chi connectivity index (χ4v) is 3.29. The molecule has 0 saturated carbocycles. The van der Waals surface area contributed by atoms with Gasteiger partial charge >= 0.3 is 0 Å². The molecule has 19 heavy (non-hydrogen) atoms. The Morgan fingerprint density at radius 3 is 3.21 bits per heavy atom. The summed E-state index contributed by atoms with van der Waals surface area (Å²) >= 11 is 1.76. The Hall–Kier alpha value is -1.46. The van der Waals surface area contributed by atoms with Crippen LogP contribution in [0.25, 0.3) is 0 Å². The van der Waals surface area contributed by atoms with E-state index in [1.54, 1.807) is 17.5 Å². The second-order valence-corrected chi connectivity index (χ2v) is 5.62. The molecule has 5 heteroatoms. The normalized spacial score (nSPS) is 19.7. The number of aromatic nitrogens is 2. The first-order chi connectivity index (χ1) is 9.36. The molecule has 0 aromatic carbocycles. The summed E-state index contributed by atoms with van der Waals surface area (Å²) in [5.41, 5.74) is 2.48. The van der Waals surface area contributed by atoms with E-state index in [-0.39, 0.29) is 0 Å². The predicted octanol–water partition coefficient (Wildman–Crippen LogP) is 2.92. The molecule has 4 nitrogen and oxygen atoms in total. The van der Waals surface area contributed by atoms with Gasteiger partial charge in [-0.25, -0.2) is 4.98 Å². The number of nitrogens with zero attached hydrogens (tertiary/aromatic N) is 3. The Labute approximate surface area is 117 Å². The molecule has 0 radical (unpaired) electrons. The van der Waals surface area contributed by atoms with E-state index in [9.17, 15) is 0 Å². The third kappa shape index (κ3) is 2.77. The fraction of sp³-hybridized carbons (Fsp3) is 0.429. The second kappa shape index (κ2) is 5.67. The molecular weight excluding hydrogens is 256 g/mol. The van der Waals surface area contributed by atoms with Crippen LogP contribution in [0, 0.1) is 0 Å². The molecule has 0 aliphatic carbocycles. The van der Waals surface area contributed by atoms with Crippen LogP contribution in [0.1, 0.15) is 30.1 Å². The van der Waals surface area contributed by atoms with Crippen molar-refractivity contribution in [2.45, 2.75) is 25.4 Å². The first kappa shape index (κ1) is 12.6. The van der Waals surface area contributed by atoms with Crippen LogP contribution in [0.5, 0.6) is 0 Å². The summed E-state index contributed by atoms with van der Waals surface area (Å²) in [4.78, 5) is 11.4. The van der Waals surface area contributed by atoms with Gasteiger partial charge in [-0.2, -0.15) is 11.3 Å². The van der Waals surface area contributed by atoms with Gasteiger partial charge in [0, 0.05) is 13.6 Å². The SMILES string of the molecule is CNc1cncc([C@H]2CCCN2Cc2ccsc2)n1. The third-order valence-corrected chi connectivity index (χ3v) is 4.31. The van der Waals surface area contributed by atoms with E-state index in [2.05, 4.69) is 37.0 Å². The average Bonchev–Trinajstić information content (AvgIpc) is 3.11. The summed E-state index contributed by atoms with van der Waals surface area (Å²) < 4.78 is 0. The van der Waals surface area contributed by atoms with Gasteiger partial charge < -0.3 is 5.32 Å². The Morgan fingerprint density at radius 1 is 1.47 bits per heavy atom. The Balaban J connectivity index is 1.78. The van der Waals surface area contributed by atoms with Crippen LogP contribution >= 0.6 is 11.3 Å². The highest BCUT2D eigenvalue weighted by molar-refractivity contribution is 7.07. The lowest BCUT2D eigenvalue weighted by atomic mass is 10.1. The van der Waals surface area contributed by atoms with E-state index in [0.29, 0.717) is 6.04 Å². The molecule has 0 spiro atoms. The number of hydrogen-bond acceptors (Lipinski definition) is 5. The largest absolute Gasteiger partial charge is 0.372 e. The molecule has 1 fully saturated rings. The second-order valence-electron chi connectivity index (χ2n) is 4.84. The van der Waals surface area contributed by atoms with Crippen LogP contribution in [-0.4, -0.2) is 28.5 Å². The van der Waals surface area contributed by atoms with E-state index < -0.39 is 0 Å². The standard InChI is InChI=1S/C14H18N4S/c1-15-14-8-16-7-12(17-14)13-3-2-5-18(13)9-11-4-6-19-10-11/h4,6-8,10,13H,2-3,5,9H2,1H3,(H,15,17)/t13-/m1/s1. The maximum Gasteiger partial charge on any atom is 0.144 e. The summed E-state index contributed by atoms with van der Waals surface area (Å²) in [6.07, 6.45) is 6.07. The topological polar surface area (TPSA) is 41.1 Å². The molecular formula is C14H18N4S. The monoisotopic (exact) mass is 274 g/mol. The summed E-state index contributed by atoms with van der Waals surface area (Å²) in [7, 11) is 1.88. The van der Waals surface area contributed by atoms with Crippen molar-refractivity contribution in [3.05, 3.63) is 40.5 Å². The van der Waals surface area contributed by atoms with Gasteiger partial charge in [-0.15, -0.1) is 0 Å². The van der Waals surface area contributed by atoms with Crippen molar-refractivity contribution in [2.75, 3.05) is 18.9 Å². The van der Waals surface area contributed by atoms with Crippen LogP contribution in [0.15, 0.2) is 29.2 Å². The zero-order chi connectivity index (χ0) is 13.1. The summed E-state index contributed by atoms with van der Waals surface area (Å²) in [5.74, 6) is 0.847. The number of likely N-dealkylation sites (tertiary alicyclic amines) is 1. The van der Waals surface area contributed by atoms with E-state index in [4.69, 9.17) is 0 Å². The minimum atomic E-state index is 0.403. The number of rotatable bonds is 4. The van der Waals surface area contributed by atoms with Gasteiger partial charge in [-0.05, 0) is 41.8 Å². The lowest BCUT2D eigenvalue weighted by Crippen LogP contribution is -2.23. The molecule has 0 unspecified atom stereocenters. The van der Waals surface area contributed by atoms with Crippen molar-refractivity contribution in [1.29, 1.82) is 0 Å². The zero-order valence-electron chi connectivity index (χ0n) is 11.0. The van der Waals surface area contributed by atoms with Gasteiger partial charge in [-0.1, -0.05) is 0 Å². The van der Waals surface area contributed by atoms with Crippen molar-refractivity contribution in [3.8, 4) is 0 Å². The summed E-state index contributed by atoms with van der Waals surface area (Å²) in [6, 6.07) is 2.61. The number of anilines is 1. The highest BCUT2D eigenvalue weighted by Gasteiger charge is 2.27. The Kier molecular flexibility index (Phi) is 3.75. The number of nitrogens with one attached hydrogen (secondary N) is 1. The Bertz CT molecular complexity index is 526. The summed E-state index contributed by atoms with van der Waals surface area (Å²) in [5, 5.41) is 7.43. The molecule has 3 heterocycles. The van der Waals surface area contributed by atoms with E-state index >= 15 is 0 Å². The van der Waals surface area contributed by atoms with Crippen LogP contribution in [-0.2, 0) is 6.54 Å². The van der Waals surface area contributed by atoms with Crippen molar-refractivity contribution in [1.82, 2.24) is 14.9 Å². The van der Waals surface area contributed by atoms with E-state index in [0.717, 1.165) is 24.6 Å². The van der Waals surface area contributed by atoms with Gasteiger partial charge in [-0.3, -0.25) is 9.88 Å². The smallest absolute Gasteiger partial charge is 0.144 e. The van der Waals surface area contributed by atoms with Crippen LogP contribution < -0.4 is 5.32 Å². The minimum Gasteiger partial charge on any atom is -0.372 e. The molecule has 0 bridgehead atoms. The molecule has 1 aliphatic heterocycles. The average molecular weight is 274 g/mol. The lowest BCUT2D eigenvalue weighted by molar-refractivity contribution is 0.244. The molecule has 1 aliphatic rings. The maximum absolute atomic E-state index is 4.64. The quantitative estimate of drug-likeness (QED) is 0.930. The third-order valence-electron chi connectivity index (χ3n) is 3.58. The number of thiophene rings is 1. The molecule has 1 saturated heterocycles. The zero-order valence-corrected chi connectivity index (χ0v) is 11.9. The molecule has 3 rings (SSSR count). The van der Waals surface area contributed by atoms with Crippen molar-refractivity contribution >= 4 is 17.2 Å². The van der Waals surface area contributed by atoms with E-state index in [1.807, 2.05) is 13.2 Å². The van der Waals surface area contributed by atoms with Crippen molar-refractivity contribution in [2.24, 2.45) is 0 Å². The van der Waals surface area contributed by atoms with Crippen LogP contribution in [0.2, 0.25) is 0 Å². The number of hydrogen-bond donors (Lipinski definition) is 1. The Morgan fingerprint density at radius 2 is 2.42 bits per heavy atom. The first-order valence-electron chi connectivity index (χ1n) is 6.61. The molecule has 2 aromatic rings. The maximum atomic E-state index is 4.64. The molecule has 1 N–H and O–H groups in total. The highest BCUT2D eigenvalue weighted by Crippen LogP contribution is 2.32. The molecule has 100 valence electrons. The molecule has 0 amide bonds. The van der Waals surface area contributed by atoms with Gasteiger partial charge in [0.2, 0.25) is 0 Å². The predicted molar refractivity (Wildman–Crippen MR) is 78.3 cm³/mol. The van der Waals surface area contributed by atoms with Gasteiger partial charge in [0.25, 0.3) is 0 Å². The van der Waals surface area contributed by atoms with Gasteiger partial charge in [0.1, 0.15) is 5.82 Å². The minimum absolute atomic E-state index is 0.403. The van der Waals surface area contributed by atoms with E-state index in [1.165, 1.54) is 18.4 Å². The highest BCUT2D eigenvalue weighted by atomic mass is 32.1. The first-order valence-corrected chi connectivity index (χ1v) is 7.56. The van der Waals surface area contributed by atoms with Crippen molar-refractivity contribution < 1.29 is 0 Å². The lowest BCUT2D eigenvalue weighted by Gasteiger charge is -2.23. The van der Waals surface area contributed by atoms with Crippen LogP contribution in [0.3, 0.4) is 0 Å². The molecule has 1 atom stereocenters. The summed E-state index contributed by atoms with van der Waals surface area (Å²) in [6.45, 7) is 2.16.